The fraction of sp³-hybridized carbons (Fsp3) is 0.867. The van der Waals surface area contributed by atoms with Crippen LogP contribution in [0.2, 0.25) is 0 Å². The first-order valence-corrected chi connectivity index (χ1v) is 7.38. The molecule has 2 rings (SSSR count). The van der Waals surface area contributed by atoms with Crippen molar-refractivity contribution >= 4 is 0 Å². The lowest BCUT2D eigenvalue weighted by Crippen LogP contribution is -2.21. The second kappa shape index (κ2) is 5.61. The topological polar surface area (TPSA) is 59.2 Å². The van der Waals surface area contributed by atoms with Crippen LogP contribution in [0, 0.1) is 11.3 Å². The molecule has 4 nitrogen and oxygen atoms in total. The highest BCUT2D eigenvalue weighted by Crippen LogP contribution is 2.41. The van der Waals surface area contributed by atoms with E-state index in [9.17, 15) is 5.11 Å². The van der Waals surface area contributed by atoms with Crippen LogP contribution in [-0.4, -0.2) is 21.4 Å². The minimum absolute atomic E-state index is 0.214. The molecule has 1 N–H and O–H groups in total. The van der Waals surface area contributed by atoms with E-state index in [1.54, 1.807) is 0 Å². The van der Waals surface area contributed by atoms with Crippen LogP contribution >= 0.6 is 0 Å². The van der Waals surface area contributed by atoms with Gasteiger partial charge in [0, 0.05) is 5.92 Å². The van der Waals surface area contributed by atoms with Crippen molar-refractivity contribution in [3.05, 3.63) is 11.7 Å². The number of hydrogen-bond donors (Lipinski definition) is 1. The van der Waals surface area contributed by atoms with Gasteiger partial charge in [-0.25, -0.2) is 0 Å². The molecule has 108 valence electrons. The summed E-state index contributed by atoms with van der Waals surface area (Å²) >= 11 is 0. The van der Waals surface area contributed by atoms with Gasteiger partial charge in [-0.2, -0.15) is 4.98 Å². The lowest BCUT2D eigenvalue weighted by Gasteiger charge is -2.32. The average Bonchev–Trinajstić information content (AvgIpc) is 2.77. The van der Waals surface area contributed by atoms with Crippen molar-refractivity contribution in [3.63, 3.8) is 0 Å². The van der Waals surface area contributed by atoms with Gasteiger partial charge in [-0.3, -0.25) is 0 Å². The van der Waals surface area contributed by atoms with Crippen molar-refractivity contribution < 1.29 is 9.63 Å². The summed E-state index contributed by atoms with van der Waals surface area (Å²) in [6, 6.07) is 0. The third kappa shape index (κ3) is 3.78. The first-order valence-electron chi connectivity index (χ1n) is 7.38. The Hall–Kier alpha value is -0.900. The van der Waals surface area contributed by atoms with E-state index in [2.05, 4.69) is 24.0 Å². The second-order valence-corrected chi connectivity index (χ2v) is 7.00. The zero-order chi connectivity index (χ0) is 14.0. The largest absolute Gasteiger partial charge is 0.392 e. The van der Waals surface area contributed by atoms with E-state index in [1.165, 1.54) is 12.8 Å². The number of aromatic nitrogens is 2. The van der Waals surface area contributed by atoms with Gasteiger partial charge < -0.3 is 9.63 Å². The minimum atomic E-state index is -0.404. The van der Waals surface area contributed by atoms with Crippen molar-refractivity contribution in [2.75, 3.05) is 0 Å². The van der Waals surface area contributed by atoms with Gasteiger partial charge >= 0.3 is 0 Å². The fourth-order valence-corrected chi connectivity index (χ4v) is 2.59. The molecule has 1 saturated carbocycles. The average molecular weight is 266 g/mol. The lowest BCUT2D eigenvalue weighted by atomic mass is 9.73. The Morgan fingerprint density at radius 3 is 2.53 bits per heavy atom. The summed E-state index contributed by atoms with van der Waals surface area (Å²) in [5.74, 6) is 2.05. The van der Waals surface area contributed by atoms with E-state index < -0.39 is 6.10 Å². The van der Waals surface area contributed by atoms with E-state index in [1.807, 2.05) is 13.8 Å². The van der Waals surface area contributed by atoms with E-state index in [4.69, 9.17) is 4.52 Å². The molecule has 0 bridgehead atoms. The normalized spacial score (nSPS) is 21.8. The van der Waals surface area contributed by atoms with Crippen LogP contribution in [0.4, 0.5) is 0 Å². The van der Waals surface area contributed by atoms with E-state index in [0.29, 0.717) is 23.6 Å². The molecule has 1 unspecified atom stereocenters. The lowest BCUT2D eigenvalue weighted by molar-refractivity contribution is 0.116. The molecule has 0 saturated heterocycles. The van der Waals surface area contributed by atoms with E-state index in [0.717, 1.165) is 18.7 Å². The molecule has 1 atom stereocenters. The molecule has 1 aromatic rings. The number of hydrogen-bond acceptors (Lipinski definition) is 4. The van der Waals surface area contributed by atoms with Crippen LogP contribution in [-0.2, 0) is 6.42 Å². The summed E-state index contributed by atoms with van der Waals surface area (Å²) in [6.45, 7) is 8.63. The maximum absolute atomic E-state index is 9.84. The molecule has 1 aliphatic rings. The van der Waals surface area contributed by atoms with Crippen LogP contribution in [0.5, 0.6) is 0 Å². The fourth-order valence-electron chi connectivity index (χ4n) is 2.59. The third-order valence-electron chi connectivity index (χ3n) is 4.34. The van der Waals surface area contributed by atoms with Crippen LogP contribution in [0.3, 0.4) is 0 Å². The molecule has 0 radical (unpaired) electrons. The summed E-state index contributed by atoms with van der Waals surface area (Å²) in [5, 5.41) is 13.9. The molecule has 19 heavy (non-hydrogen) atoms. The van der Waals surface area contributed by atoms with Crippen molar-refractivity contribution in [2.45, 2.75) is 71.8 Å². The second-order valence-electron chi connectivity index (χ2n) is 7.00. The summed E-state index contributed by atoms with van der Waals surface area (Å²) in [5.41, 5.74) is 0.455. The van der Waals surface area contributed by atoms with Crippen LogP contribution in [0.25, 0.3) is 0 Å². The Kier molecular flexibility index (Phi) is 4.29. The zero-order valence-corrected chi connectivity index (χ0v) is 12.5. The third-order valence-corrected chi connectivity index (χ3v) is 4.34. The minimum Gasteiger partial charge on any atom is -0.392 e. The maximum atomic E-state index is 9.84. The van der Waals surface area contributed by atoms with Crippen LogP contribution in [0.15, 0.2) is 4.52 Å². The Labute approximate surface area is 115 Å². The van der Waals surface area contributed by atoms with Crippen molar-refractivity contribution in [1.29, 1.82) is 0 Å². The highest BCUT2D eigenvalue weighted by molar-refractivity contribution is 4.99. The van der Waals surface area contributed by atoms with Gasteiger partial charge in [-0.15, -0.1) is 0 Å². The first kappa shape index (κ1) is 14.5. The Bertz CT molecular complexity index is 402. The molecule has 1 heterocycles. The van der Waals surface area contributed by atoms with Crippen LogP contribution < -0.4 is 0 Å². The number of aliphatic hydroxyl groups excluding tert-OH is 1. The zero-order valence-electron chi connectivity index (χ0n) is 12.5. The van der Waals surface area contributed by atoms with Gasteiger partial charge in [0.25, 0.3) is 0 Å². The van der Waals surface area contributed by atoms with Crippen molar-refractivity contribution in [3.8, 4) is 0 Å². The van der Waals surface area contributed by atoms with Crippen molar-refractivity contribution in [2.24, 2.45) is 11.3 Å². The Morgan fingerprint density at radius 1 is 1.32 bits per heavy atom. The molecular weight excluding hydrogens is 240 g/mol. The standard InChI is InChI=1S/C15H26N2O2/c1-10(2)12(18)9-13-16-14(17-19-13)11-5-7-15(3,4)8-6-11/h10-12,18H,5-9H2,1-4H3. The molecular formula is C15H26N2O2. The van der Waals surface area contributed by atoms with Crippen molar-refractivity contribution in [1.82, 2.24) is 10.1 Å². The van der Waals surface area contributed by atoms with Gasteiger partial charge in [-0.05, 0) is 37.0 Å². The van der Waals surface area contributed by atoms with Crippen LogP contribution in [0.1, 0.15) is 71.0 Å². The number of aliphatic hydroxyl groups is 1. The molecule has 0 aliphatic heterocycles. The SMILES string of the molecule is CC(C)C(O)Cc1nc(C2CCC(C)(C)CC2)no1. The number of rotatable bonds is 4. The van der Waals surface area contributed by atoms with Gasteiger partial charge in [0.1, 0.15) is 0 Å². The van der Waals surface area contributed by atoms with Gasteiger partial charge in [0.2, 0.25) is 5.89 Å². The summed E-state index contributed by atoms with van der Waals surface area (Å²) in [7, 11) is 0. The highest BCUT2D eigenvalue weighted by atomic mass is 16.5. The van der Waals surface area contributed by atoms with Gasteiger partial charge in [-0.1, -0.05) is 32.9 Å². The quantitative estimate of drug-likeness (QED) is 0.908. The summed E-state index contributed by atoms with van der Waals surface area (Å²) in [4.78, 5) is 4.47. The first-order chi connectivity index (χ1) is 8.87. The van der Waals surface area contributed by atoms with E-state index >= 15 is 0 Å². The molecule has 4 heteroatoms. The highest BCUT2D eigenvalue weighted by Gasteiger charge is 2.30. The maximum Gasteiger partial charge on any atom is 0.229 e. The molecule has 0 amide bonds. The molecule has 0 spiro atoms. The monoisotopic (exact) mass is 266 g/mol. The Balaban J connectivity index is 1.94. The molecule has 0 aromatic carbocycles. The van der Waals surface area contributed by atoms with E-state index in [-0.39, 0.29) is 5.92 Å². The molecule has 1 aliphatic carbocycles. The Morgan fingerprint density at radius 2 is 1.95 bits per heavy atom. The predicted octanol–water partition coefficient (Wildman–Crippen LogP) is 3.31. The smallest absolute Gasteiger partial charge is 0.229 e. The molecule has 1 aromatic heterocycles. The summed E-state index contributed by atoms with van der Waals surface area (Å²) in [6.07, 6.45) is 4.77. The number of nitrogens with zero attached hydrogens (tertiary/aromatic N) is 2. The predicted molar refractivity (Wildman–Crippen MR) is 73.8 cm³/mol. The van der Waals surface area contributed by atoms with Gasteiger partial charge in [0.05, 0.1) is 12.5 Å². The van der Waals surface area contributed by atoms with Gasteiger partial charge in [0.15, 0.2) is 5.82 Å². The summed E-state index contributed by atoms with van der Waals surface area (Å²) < 4.78 is 5.27. The molecule has 1 fully saturated rings.